The lowest BCUT2D eigenvalue weighted by Crippen LogP contribution is -2.61. The van der Waals surface area contributed by atoms with Crippen molar-refractivity contribution in [1.29, 1.82) is 0 Å². The molecular formula is C17H27N4O+. The van der Waals surface area contributed by atoms with Crippen molar-refractivity contribution >= 4 is 11.9 Å². The molecule has 3 atom stereocenters. The Kier molecular flexibility index (Phi) is 4.17. The lowest BCUT2D eigenvalue weighted by atomic mass is 9.76. The topological polar surface area (TPSA) is 54.9 Å². The maximum atomic E-state index is 11.2. The van der Waals surface area contributed by atoms with Crippen molar-refractivity contribution in [2.45, 2.75) is 52.0 Å². The lowest BCUT2D eigenvalue weighted by Gasteiger charge is -2.50. The first-order valence-electron chi connectivity index (χ1n) is 8.48. The Labute approximate surface area is 132 Å². The summed E-state index contributed by atoms with van der Waals surface area (Å²) < 4.78 is 1.20. The van der Waals surface area contributed by atoms with Crippen LogP contribution in [-0.4, -0.2) is 46.5 Å². The summed E-state index contributed by atoms with van der Waals surface area (Å²) in [6, 6.07) is 0.705. The minimum absolute atomic E-state index is 0.113. The van der Waals surface area contributed by atoms with E-state index < -0.39 is 0 Å². The predicted octanol–water partition coefficient (Wildman–Crippen LogP) is 2.17. The van der Waals surface area contributed by atoms with E-state index in [4.69, 9.17) is 0 Å². The fourth-order valence-corrected chi connectivity index (χ4v) is 4.48. The first-order chi connectivity index (χ1) is 10.5. The number of fused-ring (bicyclic) bond motifs is 2. The van der Waals surface area contributed by atoms with Crippen LogP contribution in [-0.2, 0) is 17.6 Å². The molecule has 5 heteroatoms. The minimum Gasteiger partial charge on any atom is -0.323 e. The van der Waals surface area contributed by atoms with Crippen molar-refractivity contribution in [2.75, 3.05) is 25.5 Å². The molecular weight excluding hydrogens is 276 g/mol. The van der Waals surface area contributed by atoms with Crippen LogP contribution in [0.3, 0.4) is 0 Å². The summed E-state index contributed by atoms with van der Waals surface area (Å²) in [6.45, 7) is 6.34. The number of anilines is 1. The second-order valence-electron chi connectivity index (χ2n) is 7.15. The van der Waals surface area contributed by atoms with Crippen molar-refractivity contribution < 1.29 is 9.28 Å². The van der Waals surface area contributed by atoms with Gasteiger partial charge in [0.05, 0.1) is 26.2 Å². The molecule has 1 saturated heterocycles. The summed E-state index contributed by atoms with van der Waals surface area (Å²) in [7, 11) is 2.43. The van der Waals surface area contributed by atoms with Gasteiger partial charge in [0.25, 0.3) is 0 Å². The Bertz CT molecular complexity index is 570. The van der Waals surface area contributed by atoms with Gasteiger partial charge < -0.3 is 4.48 Å². The van der Waals surface area contributed by atoms with Gasteiger partial charge in [-0.25, -0.2) is 9.97 Å². The zero-order chi connectivity index (χ0) is 15.7. The SMILES string of the molecule is CCC[N+]1(C)CCC[C@@H]2Cc3nc(NC(C)=O)ncc3C[C@H]21. The van der Waals surface area contributed by atoms with Gasteiger partial charge in [-0.15, -0.1) is 0 Å². The van der Waals surface area contributed by atoms with Gasteiger partial charge in [0.1, 0.15) is 0 Å². The number of rotatable bonds is 3. The Hall–Kier alpha value is -1.49. The van der Waals surface area contributed by atoms with E-state index >= 15 is 0 Å². The van der Waals surface area contributed by atoms with Crippen LogP contribution in [0, 0.1) is 5.92 Å². The molecule has 120 valence electrons. The second-order valence-corrected chi connectivity index (χ2v) is 7.15. The van der Waals surface area contributed by atoms with Gasteiger partial charge in [-0.2, -0.15) is 0 Å². The van der Waals surface area contributed by atoms with E-state index in [0.717, 1.165) is 24.5 Å². The van der Waals surface area contributed by atoms with Crippen LogP contribution in [0.4, 0.5) is 5.95 Å². The normalized spacial score (nSPS) is 30.3. The fraction of sp³-hybridized carbons (Fsp3) is 0.706. The molecule has 2 aliphatic rings. The average molecular weight is 303 g/mol. The summed E-state index contributed by atoms with van der Waals surface area (Å²) in [4.78, 5) is 20.1. The maximum Gasteiger partial charge on any atom is 0.229 e. The van der Waals surface area contributed by atoms with Crippen molar-refractivity contribution in [1.82, 2.24) is 9.97 Å². The van der Waals surface area contributed by atoms with Gasteiger partial charge in [0.15, 0.2) is 0 Å². The standard InChI is InChI=1S/C17H26N4O/c1-4-7-21(3)8-5-6-13-9-15-14(10-16(13)21)11-18-17(20-15)19-12(2)22/h11,13,16H,4-10H2,1-3H3/p+1/t13-,16-,21?/m1/s1. The highest BCUT2D eigenvalue weighted by atomic mass is 16.1. The maximum absolute atomic E-state index is 11.2. The zero-order valence-electron chi connectivity index (χ0n) is 13.9. The number of amides is 1. The highest BCUT2D eigenvalue weighted by molar-refractivity contribution is 5.86. The third-order valence-electron chi connectivity index (χ3n) is 5.45. The molecule has 1 aromatic heterocycles. The molecule has 22 heavy (non-hydrogen) atoms. The Morgan fingerprint density at radius 3 is 3.00 bits per heavy atom. The largest absolute Gasteiger partial charge is 0.323 e. The number of likely N-dealkylation sites (N-methyl/N-ethyl adjacent to an activating group) is 1. The van der Waals surface area contributed by atoms with Gasteiger partial charge in [0.2, 0.25) is 11.9 Å². The van der Waals surface area contributed by atoms with Crippen LogP contribution >= 0.6 is 0 Å². The number of carbonyl (C=O) groups excluding carboxylic acids is 1. The van der Waals surface area contributed by atoms with Crippen molar-refractivity contribution in [2.24, 2.45) is 5.92 Å². The summed E-state index contributed by atoms with van der Waals surface area (Å²) >= 11 is 0. The van der Waals surface area contributed by atoms with Crippen LogP contribution in [0.2, 0.25) is 0 Å². The van der Waals surface area contributed by atoms with Crippen LogP contribution in [0.1, 0.15) is 44.4 Å². The van der Waals surface area contributed by atoms with E-state index in [1.165, 1.54) is 49.3 Å². The Morgan fingerprint density at radius 1 is 1.45 bits per heavy atom. The van der Waals surface area contributed by atoms with Crippen molar-refractivity contribution in [3.05, 3.63) is 17.5 Å². The first kappa shape index (κ1) is 15.4. The highest BCUT2D eigenvalue weighted by Gasteiger charge is 2.44. The summed E-state index contributed by atoms with van der Waals surface area (Å²) in [6.07, 6.45) is 7.90. The molecule has 1 amide bonds. The number of nitrogens with zero attached hydrogens (tertiary/aromatic N) is 3. The Balaban J connectivity index is 1.86. The zero-order valence-corrected chi connectivity index (χ0v) is 13.9. The van der Waals surface area contributed by atoms with Crippen molar-refractivity contribution in [3.63, 3.8) is 0 Å². The molecule has 1 aliphatic carbocycles. The molecule has 5 nitrogen and oxygen atoms in total. The highest BCUT2D eigenvalue weighted by Crippen LogP contribution is 2.37. The van der Waals surface area contributed by atoms with Crippen molar-refractivity contribution in [3.8, 4) is 0 Å². The second kappa shape index (κ2) is 5.95. The number of carbonyl (C=O) groups is 1. The van der Waals surface area contributed by atoms with E-state index in [9.17, 15) is 4.79 Å². The third-order valence-corrected chi connectivity index (χ3v) is 5.45. The molecule has 0 aromatic carbocycles. The van der Waals surface area contributed by atoms with E-state index in [0.29, 0.717) is 12.0 Å². The number of piperidine rings is 1. The quantitative estimate of drug-likeness (QED) is 0.871. The number of aromatic nitrogens is 2. The molecule has 0 bridgehead atoms. The molecule has 1 fully saturated rings. The van der Waals surface area contributed by atoms with Gasteiger partial charge in [-0.05, 0) is 31.2 Å². The summed E-state index contributed by atoms with van der Waals surface area (Å²) in [5.41, 5.74) is 2.42. The molecule has 0 radical (unpaired) electrons. The fourth-order valence-electron chi connectivity index (χ4n) is 4.48. The van der Waals surface area contributed by atoms with Crippen LogP contribution in [0.25, 0.3) is 0 Å². The monoisotopic (exact) mass is 303 g/mol. The molecule has 2 heterocycles. The molecule has 1 aromatic rings. The molecule has 1 aliphatic heterocycles. The van der Waals surface area contributed by atoms with E-state index in [-0.39, 0.29) is 5.91 Å². The minimum atomic E-state index is -0.113. The first-order valence-corrected chi connectivity index (χ1v) is 8.48. The Morgan fingerprint density at radius 2 is 2.27 bits per heavy atom. The van der Waals surface area contributed by atoms with Gasteiger partial charge in [-0.3, -0.25) is 10.1 Å². The molecule has 0 spiro atoms. The predicted molar refractivity (Wildman–Crippen MR) is 86.5 cm³/mol. The number of hydrogen-bond acceptors (Lipinski definition) is 3. The van der Waals surface area contributed by atoms with Crippen LogP contribution in [0.15, 0.2) is 6.20 Å². The van der Waals surface area contributed by atoms with Crippen LogP contribution in [0.5, 0.6) is 0 Å². The molecule has 3 rings (SSSR count). The van der Waals surface area contributed by atoms with E-state index in [1.807, 2.05) is 6.20 Å². The van der Waals surface area contributed by atoms with Gasteiger partial charge >= 0.3 is 0 Å². The summed E-state index contributed by atoms with van der Waals surface area (Å²) in [5.74, 6) is 1.06. The number of nitrogens with one attached hydrogen (secondary N) is 1. The summed E-state index contributed by atoms with van der Waals surface area (Å²) in [5, 5.41) is 2.70. The van der Waals surface area contributed by atoms with Gasteiger partial charge in [0, 0.05) is 31.2 Å². The molecule has 0 saturated carbocycles. The molecule has 1 N–H and O–H groups in total. The van der Waals surface area contributed by atoms with E-state index in [2.05, 4.69) is 29.3 Å². The smallest absolute Gasteiger partial charge is 0.229 e. The van der Waals surface area contributed by atoms with E-state index in [1.54, 1.807) is 0 Å². The molecule has 1 unspecified atom stereocenters. The average Bonchev–Trinajstić information content (AvgIpc) is 2.45. The number of hydrogen-bond donors (Lipinski definition) is 1. The lowest BCUT2D eigenvalue weighted by molar-refractivity contribution is -0.942. The van der Waals surface area contributed by atoms with Crippen LogP contribution < -0.4 is 5.32 Å². The third kappa shape index (κ3) is 2.86. The van der Waals surface area contributed by atoms with Gasteiger partial charge in [-0.1, -0.05) is 6.92 Å². The number of likely N-dealkylation sites (tertiary alicyclic amines) is 1. The number of quaternary nitrogens is 1.